The van der Waals surface area contributed by atoms with Gasteiger partial charge in [-0.2, -0.15) is 0 Å². The Kier molecular flexibility index (Phi) is 3.90. The Labute approximate surface area is 83.6 Å². The van der Waals surface area contributed by atoms with Gasteiger partial charge in [-0.15, -0.1) is 11.3 Å². The second-order valence-electron chi connectivity index (χ2n) is 3.44. The van der Waals surface area contributed by atoms with Crippen LogP contribution in [0, 0.1) is 6.92 Å². The fourth-order valence-electron chi connectivity index (χ4n) is 1.38. The van der Waals surface area contributed by atoms with Gasteiger partial charge in [-0.1, -0.05) is 0 Å². The summed E-state index contributed by atoms with van der Waals surface area (Å²) in [4.78, 5) is 1.36. The van der Waals surface area contributed by atoms with Crippen LogP contribution in [0.5, 0.6) is 0 Å². The zero-order valence-corrected chi connectivity index (χ0v) is 9.19. The molecule has 0 saturated carbocycles. The molecule has 2 atom stereocenters. The zero-order valence-electron chi connectivity index (χ0n) is 8.37. The lowest BCUT2D eigenvalue weighted by molar-refractivity contribution is 0.243. The van der Waals surface area contributed by atoms with Gasteiger partial charge in [0.15, 0.2) is 0 Å². The van der Waals surface area contributed by atoms with Crippen LogP contribution in [-0.2, 0) is 0 Å². The normalized spacial score (nSPS) is 15.7. The smallest absolute Gasteiger partial charge is 0.0582 e. The van der Waals surface area contributed by atoms with Crippen LogP contribution in [0.2, 0.25) is 0 Å². The predicted octanol–water partition coefficient (Wildman–Crippen LogP) is 2.09. The van der Waals surface area contributed by atoms with Gasteiger partial charge in [0.25, 0.3) is 0 Å². The van der Waals surface area contributed by atoms with E-state index in [1.165, 1.54) is 10.4 Å². The summed E-state index contributed by atoms with van der Waals surface area (Å²) in [6.45, 7) is 6.42. The fourth-order valence-corrected chi connectivity index (χ4v) is 2.33. The van der Waals surface area contributed by atoms with E-state index >= 15 is 0 Å². The van der Waals surface area contributed by atoms with Crippen LogP contribution < -0.4 is 5.32 Å². The molecule has 0 aliphatic carbocycles. The average Bonchev–Trinajstić information content (AvgIpc) is 2.51. The number of aliphatic hydroxyl groups is 1. The first kappa shape index (κ1) is 10.7. The molecular weight excluding hydrogens is 182 g/mol. The van der Waals surface area contributed by atoms with Crippen LogP contribution >= 0.6 is 11.3 Å². The Morgan fingerprint density at radius 3 is 2.69 bits per heavy atom. The molecule has 0 amide bonds. The minimum atomic E-state index is 0.163. The molecule has 13 heavy (non-hydrogen) atoms. The highest BCUT2D eigenvalue weighted by Gasteiger charge is 2.11. The first-order valence-corrected chi connectivity index (χ1v) is 5.44. The second kappa shape index (κ2) is 4.74. The Morgan fingerprint density at radius 2 is 2.23 bits per heavy atom. The molecule has 0 bridgehead atoms. The van der Waals surface area contributed by atoms with Gasteiger partial charge in [-0.3, -0.25) is 0 Å². The summed E-state index contributed by atoms with van der Waals surface area (Å²) in [6, 6.07) is 2.63. The molecule has 0 aromatic carbocycles. The van der Waals surface area contributed by atoms with Crippen LogP contribution in [0.1, 0.15) is 30.3 Å². The van der Waals surface area contributed by atoms with Crippen molar-refractivity contribution in [3.63, 3.8) is 0 Å². The van der Waals surface area contributed by atoms with E-state index in [1.807, 2.05) is 6.92 Å². The molecule has 0 aliphatic rings. The van der Waals surface area contributed by atoms with Crippen LogP contribution in [0.4, 0.5) is 0 Å². The number of aryl methyl sites for hydroxylation is 1. The maximum atomic E-state index is 8.89. The van der Waals surface area contributed by atoms with Crippen LogP contribution in [-0.4, -0.2) is 17.8 Å². The molecule has 0 aliphatic heterocycles. The van der Waals surface area contributed by atoms with Gasteiger partial charge in [0.1, 0.15) is 0 Å². The molecule has 1 unspecified atom stereocenters. The molecule has 2 nitrogen and oxygen atoms in total. The highest BCUT2D eigenvalue weighted by Crippen LogP contribution is 2.23. The molecule has 1 rings (SSSR count). The van der Waals surface area contributed by atoms with Crippen LogP contribution in [0.15, 0.2) is 11.4 Å². The SMILES string of the molecule is Cc1ccsc1C(C)N[C@@H](C)CO. The molecule has 0 saturated heterocycles. The van der Waals surface area contributed by atoms with Gasteiger partial charge in [0.05, 0.1) is 6.61 Å². The minimum absolute atomic E-state index is 0.163. The minimum Gasteiger partial charge on any atom is -0.395 e. The molecular formula is C10H17NOS. The van der Waals surface area contributed by atoms with Gasteiger partial charge in [0, 0.05) is 17.0 Å². The molecule has 3 heteroatoms. The maximum absolute atomic E-state index is 8.89. The molecule has 0 fully saturated rings. The van der Waals surface area contributed by atoms with E-state index in [2.05, 4.69) is 30.6 Å². The van der Waals surface area contributed by atoms with Crippen molar-refractivity contribution in [2.45, 2.75) is 32.9 Å². The quantitative estimate of drug-likeness (QED) is 0.778. The highest BCUT2D eigenvalue weighted by atomic mass is 32.1. The Hall–Kier alpha value is -0.380. The van der Waals surface area contributed by atoms with Gasteiger partial charge in [-0.05, 0) is 37.8 Å². The zero-order chi connectivity index (χ0) is 9.84. The van der Waals surface area contributed by atoms with Gasteiger partial charge in [0.2, 0.25) is 0 Å². The third kappa shape index (κ3) is 2.79. The van der Waals surface area contributed by atoms with E-state index < -0.39 is 0 Å². The third-order valence-corrected chi connectivity index (χ3v) is 3.30. The summed E-state index contributed by atoms with van der Waals surface area (Å²) in [6.07, 6.45) is 0. The highest BCUT2D eigenvalue weighted by molar-refractivity contribution is 7.10. The van der Waals surface area contributed by atoms with E-state index in [0.29, 0.717) is 6.04 Å². The van der Waals surface area contributed by atoms with Crippen molar-refractivity contribution in [3.8, 4) is 0 Å². The Balaban J connectivity index is 2.58. The molecule has 74 valence electrons. The molecule has 2 N–H and O–H groups in total. The average molecular weight is 199 g/mol. The topological polar surface area (TPSA) is 32.3 Å². The maximum Gasteiger partial charge on any atom is 0.0582 e. The van der Waals surface area contributed by atoms with Crippen LogP contribution in [0.3, 0.4) is 0 Å². The summed E-state index contributed by atoms with van der Waals surface area (Å²) in [7, 11) is 0. The monoisotopic (exact) mass is 199 g/mol. The van der Waals surface area contributed by atoms with E-state index in [1.54, 1.807) is 11.3 Å². The number of nitrogens with one attached hydrogen (secondary N) is 1. The van der Waals surface area contributed by atoms with Crippen LogP contribution in [0.25, 0.3) is 0 Å². The van der Waals surface area contributed by atoms with Crippen molar-refractivity contribution in [1.82, 2.24) is 5.32 Å². The Bertz CT molecular complexity index is 259. The van der Waals surface area contributed by atoms with E-state index in [-0.39, 0.29) is 12.6 Å². The largest absolute Gasteiger partial charge is 0.395 e. The summed E-state index contributed by atoms with van der Waals surface area (Å²) < 4.78 is 0. The molecule has 0 spiro atoms. The van der Waals surface area contributed by atoms with E-state index in [9.17, 15) is 0 Å². The first-order valence-electron chi connectivity index (χ1n) is 4.56. The third-order valence-electron chi connectivity index (χ3n) is 2.10. The molecule has 1 heterocycles. The van der Waals surface area contributed by atoms with Crippen molar-refractivity contribution >= 4 is 11.3 Å². The van der Waals surface area contributed by atoms with Crippen molar-refractivity contribution in [1.29, 1.82) is 0 Å². The lowest BCUT2D eigenvalue weighted by atomic mass is 10.2. The fraction of sp³-hybridized carbons (Fsp3) is 0.600. The number of hydrogen-bond donors (Lipinski definition) is 2. The van der Waals surface area contributed by atoms with Crippen molar-refractivity contribution in [2.75, 3.05) is 6.61 Å². The molecule has 1 aromatic heterocycles. The van der Waals surface area contributed by atoms with E-state index in [0.717, 1.165) is 0 Å². The first-order chi connectivity index (χ1) is 6.15. The standard InChI is InChI=1S/C10H17NOS/c1-7-4-5-13-10(7)9(3)11-8(2)6-12/h4-5,8-9,11-12H,6H2,1-3H3/t8-,9?/m0/s1. The predicted molar refractivity (Wildman–Crippen MR) is 57.2 cm³/mol. The molecule has 1 aromatic rings. The Morgan fingerprint density at radius 1 is 1.54 bits per heavy atom. The van der Waals surface area contributed by atoms with E-state index in [4.69, 9.17) is 5.11 Å². The second-order valence-corrected chi connectivity index (χ2v) is 4.39. The lowest BCUT2D eigenvalue weighted by Crippen LogP contribution is -2.31. The van der Waals surface area contributed by atoms with Gasteiger partial charge in [-0.25, -0.2) is 0 Å². The summed E-state index contributed by atoms with van der Waals surface area (Å²) >= 11 is 1.77. The lowest BCUT2D eigenvalue weighted by Gasteiger charge is -2.17. The van der Waals surface area contributed by atoms with Crippen molar-refractivity contribution in [3.05, 3.63) is 21.9 Å². The number of rotatable bonds is 4. The number of aliphatic hydroxyl groups excluding tert-OH is 1. The summed E-state index contributed by atoms with van der Waals surface area (Å²) in [5, 5.41) is 14.3. The molecule has 0 radical (unpaired) electrons. The van der Waals surface area contributed by atoms with Crippen molar-refractivity contribution < 1.29 is 5.11 Å². The van der Waals surface area contributed by atoms with Gasteiger partial charge < -0.3 is 10.4 Å². The van der Waals surface area contributed by atoms with Gasteiger partial charge >= 0.3 is 0 Å². The van der Waals surface area contributed by atoms with Crippen molar-refractivity contribution in [2.24, 2.45) is 0 Å². The summed E-state index contributed by atoms with van der Waals surface area (Å²) in [5.74, 6) is 0. The summed E-state index contributed by atoms with van der Waals surface area (Å²) in [5.41, 5.74) is 1.33. The number of thiophene rings is 1. The number of hydrogen-bond acceptors (Lipinski definition) is 3.